The minimum absolute atomic E-state index is 0.0932. The molecular weight excluding hydrogens is 432 g/mol. The Labute approximate surface area is 186 Å². The fourth-order valence-electron chi connectivity index (χ4n) is 3.10. The number of aromatic hydroxyl groups is 1. The molecule has 10 nitrogen and oxygen atoms in total. The van der Waals surface area contributed by atoms with Crippen molar-refractivity contribution in [3.63, 3.8) is 0 Å². The minimum Gasteiger partial charge on any atom is -0.507 e. The maximum atomic E-state index is 12.5. The number of nitrogens with zero attached hydrogens (tertiary/aromatic N) is 4. The molecule has 1 aliphatic heterocycles. The number of amides is 3. The number of aromatic amines is 1. The summed E-state index contributed by atoms with van der Waals surface area (Å²) in [5.41, 5.74) is 1.64. The molecule has 1 aliphatic rings. The molecule has 0 bridgehead atoms. The summed E-state index contributed by atoms with van der Waals surface area (Å²) < 4.78 is 0. The van der Waals surface area contributed by atoms with E-state index < -0.39 is 0 Å². The number of hydrogen-bond acceptors (Lipinski definition) is 8. The molecule has 0 atom stereocenters. The van der Waals surface area contributed by atoms with Crippen molar-refractivity contribution in [3.05, 3.63) is 59.0 Å². The van der Waals surface area contributed by atoms with Crippen LogP contribution < -0.4 is 5.32 Å². The average Bonchev–Trinajstić information content (AvgIpc) is 3.39. The normalized spacial score (nSPS) is 14.9. The summed E-state index contributed by atoms with van der Waals surface area (Å²) in [5, 5.41) is 25.6. The van der Waals surface area contributed by atoms with E-state index in [-0.39, 0.29) is 35.8 Å². The molecule has 0 unspecified atom stereocenters. The van der Waals surface area contributed by atoms with E-state index in [1.807, 2.05) is 30.3 Å². The fraction of sp³-hybridized carbons (Fsp3) is 0.143. The summed E-state index contributed by atoms with van der Waals surface area (Å²) in [7, 11) is 0. The minimum atomic E-state index is -0.355. The van der Waals surface area contributed by atoms with Crippen LogP contribution in [0.1, 0.15) is 18.4 Å². The smallest absolute Gasteiger partial charge is 0.293 e. The van der Waals surface area contributed by atoms with Gasteiger partial charge in [-0.05, 0) is 52.4 Å². The second kappa shape index (κ2) is 9.43. The molecule has 4 rings (SSSR count). The van der Waals surface area contributed by atoms with E-state index in [4.69, 9.17) is 0 Å². The standard InChI is InChI=1S/C21H18N6O4S/c28-16-12-14(8-9-15(16)19-23-25-26-24-19)22-18(29)7-4-10-27-20(30)17(32-21(27)31)11-13-5-2-1-3-6-13/h1-3,5-6,8-9,11-12,28H,4,7,10H2,(H,22,29)(H,23,24,25,26)/b17-11-. The lowest BCUT2D eigenvalue weighted by Gasteiger charge is -2.12. The van der Waals surface area contributed by atoms with Crippen LogP contribution in [0.5, 0.6) is 5.75 Å². The number of phenols is 1. The third-order valence-electron chi connectivity index (χ3n) is 4.64. The number of imide groups is 1. The van der Waals surface area contributed by atoms with E-state index in [9.17, 15) is 19.5 Å². The Morgan fingerprint density at radius 3 is 2.72 bits per heavy atom. The van der Waals surface area contributed by atoms with Gasteiger partial charge < -0.3 is 10.4 Å². The number of phenolic OH excluding ortho intramolecular Hbond substituents is 1. The Morgan fingerprint density at radius 2 is 2.00 bits per heavy atom. The number of nitrogens with one attached hydrogen (secondary N) is 2. The summed E-state index contributed by atoms with van der Waals surface area (Å²) in [6, 6.07) is 13.9. The van der Waals surface area contributed by atoms with E-state index in [0.29, 0.717) is 28.4 Å². The van der Waals surface area contributed by atoms with Gasteiger partial charge >= 0.3 is 0 Å². The largest absolute Gasteiger partial charge is 0.507 e. The Morgan fingerprint density at radius 1 is 1.19 bits per heavy atom. The van der Waals surface area contributed by atoms with Crippen molar-refractivity contribution in [1.29, 1.82) is 0 Å². The van der Waals surface area contributed by atoms with Crippen LogP contribution >= 0.6 is 11.8 Å². The Hall–Kier alpha value is -3.99. The van der Waals surface area contributed by atoms with Gasteiger partial charge in [0.1, 0.15) is 5.75 Å². The number of carbonyl (C=O) groups excluding carboxylic acids is 3. The number of tetrazole rings is 1. The molecule has 32 heavy (non-hydrogen) atoms. The number of benzene rings is 2. The van der Waals surface area contributed by atoms with E-state index in [2.05, 4.69) is 25.9 Å². The number of thioether (sulfide) groups is 1. The third-order valence-corrected chi connectivity index (χ3v) is 5.55. The number of carbonyl (C=O) groups is 3. The lowest BCUT2D eigenvalue weighted by Crippen LogP contribution is -2.29. The van der Waals surface area contributed by atoms with Crippen molar-refractivity contribution in [2.24, 2.45) is 0 Å². The Bertz CT molecular complexity index is 1180. The lowest BCUT2D eigenvalue weighted by molar-refractivity contribution is -0.123. The topological polar surface area (TPSA) is 141 Å². The monoisotopic (exact) mass is 450 g/mol. The maximum Gasteiger partial charge on any atom is 0.293 e. The van der Waals surface area contributed by atoms with Gasteiger partial charge in [0.2, 0.25) is 5.91 Å². The summed E-state index contributed by atoms with van der Waals surface area (Å²) in [6.07, 6.45) is 2.10. The highest BCUT2D eigenvalue weighted by Gasteiger charge is 2.34. The number of aromatic nitrogens is 4. The number of rotatable bonds is 7. The number of H-pyrrole nitrogens is 1. The molecular formula is C21H18N6O4S. The van der Waals surface area contributed by atoms with Crippen molar-refractivity contribution in [2.45, 2.75) is 12.8 Å². The van der Waals surface area contributed by atoms with E-state index in [0.717, 1.165) is 22.2 Å². The van der Waals surface area contributed by atoms with E-state index in [1.54, 1.807) is 18.2 Å². The van der Waals surface area contributed by atoms with Crippen molar-refractivity contribution in [1.82, 2.24) is 25.5 Å². The zero-order valence-corrected chi connectivity index (χ0v) is 17.5. The molecule has 1 aromatic heterocycles. The van der Waals surface area contributed by atoms with Gasteiger partial charge in [0.05, 0.1) is 10.5 Å². The van der Waals surface area contributed by atoms with Gasteiger partial charge in [0, 0.05) is 24.7 Å². The second-order valence-corrected chi connectivity index (χ2v) is 7.87. The molecule has 11 heteroatoms. The average molecular weight is 450 g/mol. The Kier molecular flexibility index (Phi) is 6.26. The molecule has 3 N–H and O–H groups in total. The lowest BCUT2D eigenvalue weighted by atomic mass is 10.1. The molecule has 3 amide bonds. The van der Waals surface area contributed by atoms with Crippen LogP contribution in [0.3, 0.4) is 0 Å². The van der Waals surface area contributed by atoms with Crippen LogP contribution in [0.4, 0.5) is 10.5 Å². The van der Waals surface area contributed by atoms with Crippen molar-refractivity contribution in [2.75, 3.05) is 11.9 Å². The summed E-state index contributed by atoms with van der Waals surface area (Å²) in [4.78, 5) is 38.5. The second-order valence-electron chi connectivity index (χ2n) is 6.88. The molecule has 3 aromatic rings. The van der Waals surface area contributed by atoms with Crippen LogP contribution in [0.25, 0.3) is 17.5 Å². The van der Waals surface area contributed by atoms with Crippen molar-refractivity contribution in [3.8, 4) is 17.1 Å². The molecule has 0 saturated carbocycles. The Balaban J connectivity index is 1.29. The van der Waals surface area contributed by atoms with Crippen LogP contribution in [0.15, 0.2) is 53.4 Å². The zero-order valence-electron chi connectivity index (χ0n) is 16.7. The molecule has 0 spiro atoms. The van der Waals surface area contributed by atoms with Crippen LogP contribution in [0, 0.1) is 0 Å². The van der Waals surface area contributed by atoms with Gasteiger partial charge in [-0.1, -0.05) is 30.3 Å². The van der Waals surface area contributed by atoms with Gasteiger partial charge in [-0.25, -0.2) is 5.10 Å². The molecule has 0 aliphatic carbocycles. The molecule has 0 radical (unpaired) electrons. The van der Waals surface area contributed by atoms with E-state index in [1.165, 1.54) is 6.07 Å². The van der Waals surface area contributed by atoms with Crippen LogP contribution in [-0.4, -0.2) is 54.2 Å². The van der Waals surface area contributed by atoms with Gasteiger partial charge in [-0.2, -0.15) is 0 Å². The van der Waals surface area contributed by atoms with Gasteiger partial charge in [-0.3, -0.25) is 19.3 Å². The van der Waals surface area contributed by atoms with E-state index >= 15 is 0 Å². The quantitative estimate of drug-likeness (QED) is 0.467. The highest BCUT2D eigenvalue weighted by Crippen LogP contribution is 2.32. The van der Waals surface area contributed by atoms with Crippen LogP contribution in [0.2, 0.25) is 0 Å². The highest BCUT2D eigenvalue weighted by atomic mass is 32.2. The summed E-state index contributed by atoms with van der Waals surface area (Å²) >= 11 is 0.893. The number of hydrogen-bond donors (Lipinski definition) is 3. The molecule has 1 fully saturated rings. The van der Waals surface area contributed by atoms with Gasteiger partial charge in [0.15, 0.2) is 5.82 Å². The first-order valence-corrected chi connectivity index (χ1v) is 10.5. The first kappa shape index (κ1) is 21.2. The highest BCUT2D eigenvalue weighted by molar-refractivity contribution is 8.18. The SMILES string of the molecule is O=C(CCCN1C(=O)S/C(=C\c2ccccc2)C1=O)Nc1ccc(-c2nnn[nH]2)c(O)c1. The molecule has 2 aromatic carbocycles. The molecule has 2 heterocycles. The van der Waals surface area contributed by atoms with Gasteiger partial charge in [0.25, 0.3) is 11.1 Å². The predicted molar refractivity (Wildman–Crippen MR) is 118 cm³/mol. The number of anilines is 1. The third kappa shape index (κ3) is 4.83. The summed E-state index contributed by atoms with van der Waals surface area (Å²) in [6.45, 7) is 0.146. The first-order chi connectivity index (χ1) is 15.5. The summed E-state index contributed by atoms with van der Waals surface area (Å²) in [5.74, 6) is -0.444. The molecule has 162 valence electrons. The first-order valence-electron chi connectivity index (χ1n) is 9.68. The molecule has 1 saturated heterocycles. The predicted octanol–water partition coefficient (Wildman–Crippen LogP) is 3.03. The van der Waals surface area contributed by atoms with Crippen LogP contribution in [-0.2, 0) is 9.59 Å². The maximum absolute atomic E-state index is 12.5. The zero-order chi connectivity index (χ0) is 22.5. The van der Waals surface area contributed by atoms with Gasteiger partial charge in [-0.15, -0.1) is 5.10 Å². The van der Waals surface area contributed by atoms with Crippen molar-refractivity contribution < 1.29 is 19.5 Å². The fourth-order valence-corrected chi connectivity index (χ4v) is 3.96. The van der Waals surface area contributed by atoms with Crippen molar-refractivity contribution >= 4 is 40.6 Å².